The van der Waals surface area contributed by atoms with Crippen molar-refractivity contribution in [3.8, 4) is 0 Å². The molecule has 5 heteroatoms. The van der Waals surface area contributed by atoms with Gasteiger partial charge in [-0.3, -0.25) is 4.79 Å². The topological polar surface area (TPSA) is 44.4 Å². The van der Waals surface area contributed by atoms with Gasteiger partial charge in [-0.05, 0) is 61.2 Å². The number of nitrogens with zero attached hydrogens (tertiary/aromatic N) is 1. The van der Waals surface area contributed by atoms with Gasteiger partial charge in [0.1, 0.15) is 5.82 Å². The Labute approximate surface area is 154 Å². The summed E-state index contributed by atoms with van der Waals surface area (Å²) in [5.41, 5.74) is 3.32. The Hall–Kier alpha value is -2.56. The van der Waals surface area contributed by atoms with Crippen LogP contribution in [-0.4, -0.2) is 32.1 Å². The third-order valence-corrected chi connectivity index (χ3v) is 4.67. The number of rotatable bonds is 8. The maximum atomic E-state index is 12.8. The van der Waals surface area contributed by atoms with Crippen molar-refractivity contribution >= 4 is 17.3 Å². The Bertz CT molecular complexity index is 694. The van der Waals surface area contributed by atoms with Gasteiger partial charge in [-0.1, -0.05) is 12.1 Å². The first kappa shape index (κ1) is 18.2. The summed E-state index contributed by atoms with van der Waals surface area (Å²) in [6.45, 7) is 3.45. The van der Waals surface area contributed by atoms with Crippen LogP contribution in [0.4, 0.5) is 15.8 Å². The van der Waals surface area contributed by atoms with Crippen LogP contribution in [0.15, 0.2) is 48.5 Å². The van der Waals surface area contributed by atoms with Gasteiger partial charge in [0.05, 0.1) is 0 Å². The Morgan fingerprint density at radius 2 is 1.65 bits per heavy atom. The zero-order valence-corrected chi connectivity index (χ0v) is 15.0. The van der Waals surface area contributed by atoms with Gasteiger partial charge in [-0.15, -0.1) is 0 Å². The van der Waals surface area contributed by atoms with Gasteiger partial charge < -0.3 is 15.5 Å². The number of carbonyl (C=O) groups is 1. The third-order valence-electron chi connectivity index (χ3n) is 4.67. The monoisotopic (exact) mass is 355 g/mol. The number of anilines is 2. The highest BCUT2D eigenvalue weighted by Gasteiger charge is 2.11. The zero-order chi connectivity index (χ0) is 18.2. The van der Waals surface area contributed by atoms with Crippen molar-refractivity contribution in [3.05, 3.63) is 59.9 Å². The van der Waals surface area contributed by atoms with Gasteiger partial charge in [0.15, 0.2) is 0 Å². The second-order valence-electron chi connectivity index (χ2n) is 6.64. The first-order chi connectivity index (χ1) is 12.7. The molecule has 1 saturated heterocycles. The quantitative estimate of drug-likeness (QED) is 0.761. The SMILES string of the molecule is O=C(CCNc1ccc(N2CCCC2)cc1)NCCc1ccc(F)cc1. The highest BCUT2D eigenvalue weighted by atomic mass is 19.1. The summed E-state index contributed by atoms with van der Waals surface area (Å²) in [7, 11) is 0. The summed E-state index contributed by atoms with van der Waals surface area (Å²) < 4.78 is 12.8. The van der Waals surface area contributed by atoms with Crippen LogP contribution in [0.25, 0.3) is 0 Å². The Morgan fingerprint density at radius 3 is 2.35 bits per heavy atom. The molecule has 138 valence electrons. The van der Waals surface area contributed by atoms with Crippen LogP contribution in [0.3, 0.4) is 0 Å². The van der Waals surface area contributed by atoms with Crippen LogP contribution < -0.4 is 15.5 Å². The Morgan fingerprint density at radius 1 is 0.962 bits per heavy atom. The van der Waals surface area contributed by atoms with E-state index < -0.39 is 0 Å². The Balaban J connectivity index is 1.32. The van der Waals surface area contributed by atoms with Gasteiger partial charge in [-0.25, -0.2) is 4.39 Å². The predicted octanol–water partition coefficient (Wildman–Crippen LogP) is 3.59. The molecule has 26 heavy (non-hydrogen) atoms. The molecule has 0 aromatic heterocycles. The molecule has 2 N–H and O–H groups in total. The first-order valence-electron chi connectivity index (χ1n) is 9.31. The first-order valence-corrected chi connectivity index (χ1v) is 9.31. The number of amides is 1. The van der Waals surface area contributed by atoms with Crippen LogP contribution in [0.2, 0.25) is 0 Å². The second kappa shape index (κ2) is 9.22. The summed E-state index contributed by atoms with van der Waals surface area (Å²) in [5, 5.41) is 6.19. The largest absolute Gasteiger partial charge is 0.385 e. The molecule has 0 radical (unpaired) electrons. The molecule has 1 heterocycles. The van der Waals surface area contributed by atoms with Crippen LogP contribution in [0.5, 0.6) is 0 Å². The van der Waals surface area contributed by atoms with E-state index in [1.54, 1.807) is 12.1 Å². The molecular formula is C21H26FN3O. The van der Waals surface area contributed by atoms with Crippen molar-refractivity contribution in [3.63, 3.8) is 0 Å². The standard InChI is InChI=1S/C21H26FN3O/c22-18-5-3-17(4-6-18)11-13-24-21(26)12-14-23-19-7-9-20(10-8-19)25-15-1-2-16-25/h3-10,23H,1-2,11-16H2,(H,24,26). The summed E-state index contributed by atoms with van der Waals surface area (Å²) in [4.78, 5) is 14.3. The smallest absolute Gasteiger partial charge is 0.221 e. The van der Waals surface area contributed by atoms with Gasteiger partial charge in [0.2, 0.25) is 5.91 Å². The number of halogens is 1. The molecule has 2 aromatic carbocycles. The van der Waals surface area contributed by atoms with E-state index in [4.69, 9.17) is 0 Å². The molecule has 0 aliphatic carbocycles. The molecule has 2 aromatic rings. The molecule has 0 bridgehead atoms. The lowest BCUT2D eigenvalue weighted by Gasteiger charge is -2.18. The fraction of sp³-hybridized carbons (Fsp3) is 0.381. The average molecular weight is 355 g/mol. The molecule has 1 aliphatic heterocycles. The maximum absolute atomic E-state index is 12.8. The van der Waals surface area contributed by atoms with Crippen molar-refractivity contribution in [2.45, 2.75) is 25.7 Å². The van der Waals surface area contributed by atoms with E-state index in [2.05, 4.69) is 39.8 Å². The van der Waals surface area contributed by atoms with E-state index >= 15 is 0 Å². The molecule has 0 unspecified atom stereocenters. The van der Waals surface area contributed by atoms with Crippen molar-refractivity contribution < 1.29 is 9.18 Å². The van der Waals surface area contributed by atoms with E-state index in [0.29, 0.717) is 25.9 Å². The molecular weight excluding hydrogens is 329 g/mol. The molecule has 0 atom stereocenters. The number of carbonyl (C=O) groups excluding carboxylic acids is 1. The van der Waals surface area contributed by atoms with Crippen LogP contribution in [0.1, 0.15) is 24.8 Å². The van der Waals surface area contributed by atoms with Crippen LogP contribution in [0, 0.1) is 5.82 Å². The Kier molecular flexibility index (Phi) is 6.47. The lowest BCUT2D eigenvalue weighted by molar-refractivity contribution is -0.120. The fourth-order valence-electron chi connectivity index (χ4n) is 3.17. The van der Waals surface area contributed by atoms with E-state index in [-0.39, 0.29) is 11.7 Å². The normalized spacial score (nSPS) is 13.7. The minimum atomic E-state index is -0.239. The van der Waals surface area contributed by atoms with E-state index in [9.17, 15) is 9.18 Å². The van der Waals surface area contributed by atoms with Gasteiger partial charge in [0, 0.05) is 44.0 Å². The number of hydrogen-bond donors (Lipinski definition) is 2. The molecule has 1 aliphatic rings. The highest BCUT2D eigenvalue weighted by Crippen LogP contribution is 2.21. The lowest BCUT2D eigenvalue weighted by atomic mass is 10.1. The van der Waals surface area contributed by atoms with Crippen molar-refractivity contribution in [1.82, 2.24) is 5.32 Å². The second-order valence-corrected chi connectivity index (χ2v) is 6.64. The van der Waals surface area contributed by atoms with Crippen molar-refractivity contribution in [1.29, 1.82) is 0 Å². The zero-order valence-electron chi connectivity index (χ0n) is 15.0. The van der Waals surface area contributed by atoms with Crippen LogP contribution >= 0.6 is 0 Å². The summed E-state index contributed by atoms with van der Waals surface area (Å²) in [5.74, 6) is -0.217. The molecule has 1 fully saturated rings. The third kappa shape index (κ3) is 5.48. The molecule has 0 spiro atoms. The molecule has 4 nitrogen and oxygen atoms in total. The van der Waals surface area contributed by atoms with Gasteiger partial charge in [0.25, 0.3) is 0 Å². The summed E-state index contributed by atoms with van der Waals surface area (Å²) in [6.07, 6.45) is 3.68. The van der Waals surface area contributed by atoms with Gasteiger partial charge >= 0.3 is 0 Å². The molecule has 1 amide bonds. The van der Waals surface area contributed by atoms with Crippen molar-refractivity contribution in [2.75, 3.05) is 36.4 Å². The number of hydrogen-bond acceptors (Lipinski definition) is 3. The van der Waals surface area contributed by atoms with E-state index in [1.165, 1.54) is 30.7 Å². The van der Waals surface area contributed by atoms with E-state index in [1.807, 2.05) is 0 Å². The maximum Gasteiger partial charge on any atom is 0.221 e. The summed E-state index contributed by atoms with van der Waals surface area (Å²) >= 11 is 0. The minimum Gasteiger partial charge on any atom is -0.385 e. The summed E-state index contributed by atoms with van der Waals surface area (Å²) in [6, 6.07) is 14.8. The minimum absolute atomic E-state index is 0.0216. The molecule has 3 rings (SSSR count). The predicted molar refractivity (Wildman–Crippen MR) is 104 cm³/mol. The fourth-order valence-corrected chi connectivity index (χ4v) is 3.17. The molecule has 0 saturated carbocycles. The van der Waals surface area contributed by atoms with Gasteiger partial charge in [-0.2, -0.15) is 0 Å². The highest BCUT2D eigenvalue weighted by molar-refractivity contribution is 5.76. The number of benzene rings is 2. The van der Waals surface area contributed by atoms with Crippen molar-refractivity contribution in [2.24, 2.45) is 0 Å². The lowest BCUT2D eigenvalue weighted by Crippen LogP contribution is -2.27. The average Bonchev–Trinajstić information content (AvgIpc) is 3.19. The van der Waals surface area contributed by atoms with E-state index in [0.717, 1.165) is 24.3 Å². The van der Waals surface area contributed by atoms with Crippen LogP contribution in [-0.2, 0) is 11.2 Å². The number of nitrogens with one attached hydrogen (secondary N) is 2.